The molecule has 1 unspecified atom stereocenters. The van der Waals surface area contributed by atoms with Gasteiger partial charge in [-0.1, -0.05) is 54.1 Å². The Balaban J connectivity index is 2.30. The minimum absolute atomic E-state index is 0.195. The molecule has 0 N–H and O–H groups in total. The average Bonchev–Trinajstić information content (AvgIpc) is 2.39. The predicted molar refractivity (Wildman–Crippen MR) is 74.7 cm³/mol. The molecular formula is C16H14ClN. The number of nitriles is 1. The number of halogens is 1. The maximum absolute atomic E-state index is 9.35. The van der Waals surface area contributed by atoms with Crippen molar-refractivity contribution < 1.29 is 0 Å². The smallest absolute Gasteiger partial charge is 0.0767 e. The second-order valence-corrected chi connectivity index (χ2v) is 4.74. The monoisotopic (exact) mass is 255 g/mol. The Hall–Kier alpha value is -1.78. The molecule has 0 aliphatic rings. The molecule has 0 spiro atoms. The van der Waals surface area contributed by atoms with Gasteiger partial charge in [0, 0.05) is 5.02 Å². The first-order valence-electron chi connectivity index (χ1n) is 5.91. The van der Waals surface area contributed by atoms with E-state index in [-0.39, 0.29) is 5.92 Å². The molecule has 0 aromatic heterocycles. The number of nitrogens with zero attached hydrogens (tertiary/aromatic N) is 1. The molecule has 0 saturated heterocycles. The minimum atomic E-state index is -0.195. The van der Waals surface area contributed by atoms with Crippen LogP contribution in [0.3, 0.4) is 0 Å². The van der Waals surface area contributed by atoms with Gasteiger partial charge in [-0.15, -0.1) is 0 Å². The highest BCUT2D eigenvalue weighted by molar-refractivity contribution is 6.31. The molecule has 1 atom stereocenters. The van der Waals surface area contributed by atoms with Crippen LogP contribution in [0.25, 0.3) is 0 Å². The first kappa shape index (κ1) is 12.7. The van der Waals surface area contributed by atoms with Gasteiger partial charge in [-0.25, -0.2) is 0 Å². The van der Waals surface area contributed by atoms with Crippen molar-refractivity contribution >= 4 is 11.6 Å². The maximum Gasteiger partial charge on any atom is 0.0767 e. The summed E-state index contributed by atoms with van der Waals surface area (Å²) in [4.78, 5) is 0. The lowest BCUT2D eigenvalue weighted by Gasteiger charge is -2.12. The van der Waals surface area contributed by atoms with Crippen molar-refractivity contribution in [2.45, 2.75) is 19.3 Å². The minimum Gasteiger partial charge on any atom is -0.198 e. The summed E-state index contributed by atoms with van der Waals surface area (Å²) in [5.41, 5.74) is 3.32. The van der Waals surface area contributed by atoms with Gasteiger partial charge >= 0.3 is 0 Å². The van der Waals surface area contributed by atoms with E-state index < -0.39 is 0 Å². The quantitative estimate of drug-likeness (QED) is 0.792. The Morgan fingerprint density at radius 3 is 2.44 bits per heavy atom. The first-order chi connectivity index (χ1) is 8.72. The summed E-state index contributed by atoms with van der Waals surface area (Å²) >= 11 is 6.15. The number of benzene rings is 2. The van der Waals surface area contributed by atoms with E-state index in [2.05, 4.69) is 25.1 Å². The van der Waals surface area contributed by atoms with Gasteiger partial charge in [0.05, 0.1) is 12.0 Å². The fourth-order valence-corrected chi connectivity index (χ4v) is 2.31. The lowest BCUT2D eigenvalue weighted by molar-refractivity contribution is 0.843. The zero-order valence-electron chi connectivity index (χ0n) is 10.2. The third-order valence-corrected chi connectivity index (χ3v) is 3.47. The van der Waals surface area contributed by atoms with Crippen LogP contribution in [0, 0.1) is 18.3 Å². The van der Waals surface area contributed by atoms with Crippen LogP contribution in [-0.4, -0.2) is 0 Å². The molecule has 0 saturated carbocycles. The lowest BCUT2D eigenvalue weighted by atomic mass is 9.91. The highest BCUT2D eigenvalue weighted by Crippen LogP contribution is 2.27. The van der Waals surface area contributed by atoms with Crippen molar-refractivity contribution in [2.75, 3.05) is 0 Å². The van der Waals surface area contributed by atoms with E-state index in [0.29, 0.717) is 11.4 Å². The summed E-state index contributed by atoms with van der Waals surface area (Å²) in [5, 5.41) is 10.0. The van der Waals surface area contributed by atoms with Crippen LogP contribution in [0.15, 0.2) is 48.5 Å². The number of aryl methyl sites for hydroxylation is 1. The topological polar surface area (TPSA) is 23.8 Å². The number of hydrogen-bond acceptors (Lipinski definition) is 1. The summed E-state index contributed by atoms with van der Waals surface area (Å²) in [7, 11) is 0. The normalized spacial score (nSPS) is 11.8. The van der Waals surface area contributed by atoms with Gasteiger partial charge in [-0.3, -0.25) is 0 Å². The molecule has 0 aliphatic carbocycles. The molecule has 0 amide bonds. The van der Waals surface area contributed by atoms with E-state index in [4.69, 9.17) is 11.6 Å². The van der Waals surface area contributed by atoms with Gasteiger partial charge in [-0.2, -0.15) is 5.26 Å². The highest BCUT2D eigenvalue weighted by atomic mass is 35.5. The molecule has 0 aliphatic heterocycles. The Morgan fingerprint density at radius 1 is 1.11 bits per heavy atom. The largest absolute Gasteiger partial charge is 0.198 e. The highest BCUT2D eigenvalue weighted by Gasteiger charge is 2.15. The maximum atomic E-state index is 9.35. The summed E-state index contributed by atoms with van der Waals surface area (Å²) in [6.45, 7) is 2.07. The van der Waals surface area contributed by atoms with E-state index in [1.807, 2.05) is 36.4 Å². The summed E-state index contributed by atoms with van der Waals surface area (Å²) < 4.78 is 0. The molecular weight excluding hydrogens is 242 g/mol. The molecule has 90 valence electrons. The van der Waals surface area contributed by atoms with Gasteiger partial charge in [0.25, 0.3) is 0 Å². The van der Waals surface area contributed by atoms with Crippen LogP contribution in [-0.2, 0) is 6.42 Å². The Labute approximate surface area is 113 Å². The molecule has 0 bridgehead atoms. The summed E-state index contributed by atoms with van der Waals surface area (Å²) in [6.07, 6.45) is 0.701. The van der Waals surface area contributed by atoms with Crippen LogP contribution >= 0.6 is 11.6 Å². The Bertz CT molecular complexity index is 584. The predicted octanol–water partition coefficient (Wildman–Crippen LogP) is 4.50. The van der Waals surface area contributed by atoms with Crippen LogP contribution < -0.4 is 0 Å². The second kappa shape index (κ2) is 5.71. The average molecular weight is 256 g/mol. The molecule has 2 aromatic rings. The van der Waals surface area contributed by atoms with Gasteiger partial charge in [0.1, 0.15) is 0 Å². The van der Waals surface area contributed by atoms with Gasteiger partial charge in [0.15, 0.2) is 0 Å². The fourth-order valence-electron chi connectivity index (χ4n) is 2.04. The van der Waals surface area contributed by atoms with Crippen LogP contribution in [0.4, 0.5) is 0 Å². The molecule has 1 nitrogen and oxygen atoms in total. The SMILES string of the molecule is Cc1ccccc1CC(C#N)c1ccccc1Cl. The van der Waals surface area contributed by atoms with Crippen LogP contribution in [0.2, 0.25) is 5.02 Å². The summed E-state index contributed by atoms with van der Waals surface area (Å²) in [5.74, 6) is -0.195. The molecule has 2 heteroatoms. The van der Waals surface area contributed by atoms with Gasteiger partial charge < -0.3 is 0 Å². The molecule has 0 heterocycles. The Kier molecular flexibility index (Phi) is 4.02. The lowest BCUT2D eigenvalue weighted by Crippen LogP contribution is -2.02. The molecule has 0 fully saturated rings. The van der Waals surface area contributed by atoms with E-state index in [0.717, 1.165) is 5.56 Å². The standard InChI is InChI=1S/C16H14ClN/c1-12-6-2-3-7-13(12)10-14(11-18)15-8-4-5-9-16(15)17/h2-9,14H,10H2,1H3. The van der Waals surface area contributed by atoms with Gasteiger partial charge in [-0.05, 0) is 36.1 Å². The Morgan fingerprint density at radius 2 is 1.78 bits per heavy atom. The van der Waals surface area contributed by atoms with Crippen molar-refractivity contribution in [3.05, 3.63) is 70.2 Å². The molecule has 2 rings (SSSR count). The van der Waals surface area contributed by atoms with Crippen molar-refractivity contribution in [3.8, 4) is 6.07 Å². The number of hydrogen-bond donors (Lipinski definition) is 0. The van der Waals surface area contributed by atoms with Crippen molar-refractivity contribution in [1.29, 1.82) is 5.26 Å². The third kappa shape index (κ3) is 2.72. The second-order valence-electron chi connectivity index (χ2n) is 4.33. The third-order valence-electron chi connectivity index (χ3n) is 3.12. The van der Waals surface area contributed by atoms with E-state index in [1.165, 1.54) is 11.1 Å². The van der Waals surface area contributed by atoms with Gasteiger partial charge in [0.2, 0.25) is 0 Å². The van der Waals surface area contributed by atoms with Crippen molar-refractivity contribution in [2.24, 2.45) is 0 Å². The fraction of sp³-hybridized carbons (Fsp3) is 0.188. The zero-order valence-corrected chi connectivity index (χ0v) is 11.0. The van der Waals surface area contributed by atoms with E-state index >= 15 is 0 Å². The zero-order chi connectivity index (χ0) is 13.0. The van der Waals surface area contributed by atoms with E-state index in [9.17, 15) is 5.26 Å². The molecule has 2 aromatic carbocycles. The van der Waals surface area contributed by atoms with Crippen molar-refractivity contribution in [3.63, 3.8) is 0 Å². The number of rotatable bonds is 3. The summed E-state index contributed by atoms with van der Waals surface area (Å²) in [6, 6.07) is 18.1. The first-order valence-corrected chi connectivity index (χ1v) is 6.28. The molecule has 0 radical (unpaired) electrons. The molecule has 18 heavy (non-hydrogen) atoms. The van der Waals surface area contributed by atoms with Crippen molar-refractivity contribution in [1.82, 2.24) is 0 Å². The van der Waals surface area contributed by atoms with Crippen LogP contribution in [0.5, 0.6) is 0 Å². The van der Waals surface area contributed by atoms with E-state index in [1.54, 1.807) is 0 Å². The van der Waals surface area contributed by atoms with Crippen LogP contribution in [0.1, 0.15) is 22.6 Å².